The van der Waals surface area contributed by atoms with Crippen LogP contribution in [-0.4, -0.2) is 16.8 Å². The van der Waals surface area contributed by atoms with E-state index >= 15 is 0 Å². The zero-order valence-corrected chi connectivity index (χ0v) is 11.6. The summed E-state index contributed by atoms with van der Waals surface area (Å²) in [6.07, 6.45) is 8.01. The van der Waals surface area contributed by atoms with Gasteiger partial charge in [0.25, 0.3) is 0 Å². The molecule has 0 aromatic carbocycles. The maximum Gasteiger partial charge on any atom is 0.250 e. The molecule has 0 atom stereocenters. The third-order valence-corrected chi connectivity index (χ3v) is 4.18. The van der Waals surface area contributed by atoms with E-state index in [1.54, 1.807) is 0 Å². The van der Waals surface area contributed by atoms with Gasteiger partial charge < -0.3 is 4.90 Å². The van der Waals surface area contributed by atoms with Crippen LogP contribution in [0.1, 0.15) is 53.4 Å². The van der Waals surface area contributed by atoms with E-state index in [0.717, 1.165) is 19.3 Å². The fourth-order valence-electron chi connectivity index (χ4n) is 1.78. The number of amides is 1. The summed E-state index contributed by atoms with van der Waals surface area (Å²) in [6.45, 7) is 12.3. The first kappa shape index (κ1) is 14.0. The minimum Gasteiger partial charge on any atom is -0.313 e. The van der Waals surface area contributed by atoms with E-state index in [2.05, 4.69) is 34.3 Å². The summed E-state index contributed by atoms with van der Waals surface area (Å²) >= 11 is 0. The summed E-state index contributed by atoms with van der Waals surface area (Å²) in [4.78, 5) is 13.7. The molecule has 17 heavy (non-hydrogen) atoms. The van der Waals surface area contributed by atoms with Crippen LogP contribution in [0.2, 0.25) is 0 Å². The number of allylic oxidation sites excluding steroid dienone is 1. The van der Waals surface area contributed by atoms with Gasteiger partial charge in [-0.1, -0.05) is 32.9 Å². The number of nitrogens with zero attached hydrogens (tertiary/aromatic N) is 1. The van der Waals surface area contributed by atoms with E-state index in [9.17, 15) is 4.79 Å². The zero-order valence-electron chi connectivity index (χ0n) is 11.6. The number of rotatable bonds is 5. The molecule has 0 aromatic heterocycles. The Bertz CT molecular complexity index is 324. The Hall–Kier alpha value is -1.05. The minimum absolute atomic E-state index is 0.0287. The van der Waals surface area contributed by atoms with Gasteiger partial charge in [0.2, 0.25) is 5.91 Å². The number of hydrogen-bond acceptors (Lipinski definition) is 1. The predicted octanol–water partition coefficient (Wildman–Crippen LogP) is 3.89. The van der Waals surface area contributed by atoms with Crippen LogP contribution < -0.4 is 0 Å². The predicted molar refractivity (Wildman–Crippen MR) is 72.5 cm³/mol. The van der Waals surface area contributed by atoms with Crippen molar-refractivity contribution in [1.82, 2.24) is 4.90 Å². The minimum atomic E-state index is 0.0287. The van der Waals surface area contributed by atoms with E-state index in [-0.39, 0.29) is 11.3 Å². The lowest BCUT2D eigenvalue weighted by molar-refractivity contribution is -0.126. The molecule has 1 fully saturated rings. The number of hydrogen-bond donors (Lipinski definition) is 0. The highest BCUT2D eigenvalue weighted by Gasteiger charge is 2.27. The first-order valence-electron chi connectivity index (χ1n) is 6.56. The van der Waals surface area contributed by atoms with Crippen LogP contribution in [-0.2, 0) is 4.79 Å². The van der Waals surface area contributed by atoms with Crippen molar-refractivity contribution < 1.29 is 4.79 Å². The Morgan fingerprint density at radius 2 is 2.06 bits per heavy atom. The van der Waals surface area contributed by atoms with E-state index in [4.69, 9.17) is 0 Å². The Labute approximate surface area is 105 Å². The van der Waals surface area contributed by atoms with Crippen LogP contribution in [0.3, 0.4) is 0 Å². The van der Waals surface area contributed by atoms with Gasteiger partial charge in [0.05, 0.1) is 0 Å². The summed E-state index contributed by atoms with van der Waals surface area (Å²) in [7, 11) is 0. The second-order valence-electron chi connectivity index (χ2n) is 5.58. The van der Waals surface area contributed by atoms with Crippen LogP contribution >= 0.6 is 0 Å². The standard InChI is InChI=1S/C15H25NO/c1-6-14(17)16(13-9-8-10-13)11-12(3)15(4,5)7-2/h6,11,13H,1,7-10H2,2-5H3/b12-11+. The van der Waals surface area contributed by atoms with Crippen molar-refractivity contribution in [3.63, 3.8) is 0 Å². The summed E-state index contributed by atoms with van der Waals surface area (Å²) < 4.78 is 0. The molecule has 1 aliphatic rings. The topological polar surface area (TPSA) is 20.3 Å². The van der Waals surface area contributed by atoms with Crippen molar-refractivity contribution >= 4 is 5.91 Å². The van der Waals surface area contributed by atoms with Crippen LogP contribution in [0.4, 0.5) is 0 Å². The van der Waals surface area contributed by atoms with Crippen molar-refractivity contribution in [3.05, 3.63) is 24.4 Å². The second kappa shape index (κ2) is 5.52. The Morgan fingerprint density at radius 3 is 2.41 bits per heavy atom. The molecule has 2 nitrogen and oxygen atoms in total. The Morgan fingerprint density at radius 1 is 1.47 bits per heavy atom. The fourth-order valence-corrected chi connectivity index (χ4v) is 1.78. The molecule has 0 heterocycles. The molecule has 96 valence electrons. The molecule has 0 spiro atoms. The molecular formula is C15H25NO. The summed E-state index contributed by atoms with van der Waals surface area (Å²) in [6, 6.07) is 0.392. The molecule has 0 saturated heterocycles. The van der Waals surface area contributed by atoms with Crippen molar-refractivity contribution in [3.8, 4) is 0 Å². The van der Waals surface area contributed by atoms with Gasteiger partial charge in [0, 0.05) is 12.2 Å². The highest BCUT2D eigenvalue weighted by atomic mass is 16.2. The highest BCUT2D eigenvalue weighted by Crippen LogP contribution is 2.32. The molecule has 1 rings (SSSR count). The largest absolute Gasteiger partial charge is 0.313 e. The van der Waals surface area contributed by atoms with Gasteiger partial charge in [-0.25, -0.2) is 0 Å². The lowest BCUT2D eigenvalue weighted by atomic mass is 9.82. The number of carbonyl (C=O) groups is 1. The van der Waals surface area contributed by atoms with E-state index in [0.29, 0.717) is 6.04 Å². The molecule has 1 amide bonds. The van der Waals surface area contributed by atoms with Gasteiger partial charge in [0.15, 0.2) is 0 Å². The van der Waals surface area contributed by atoms with Gasteiger partial charge in [-0.05, 0) is 44.1 Å². The first-order chi connectivity index (χ1) is 7.92. The van der Waals surface area contributed by atoms with Gasteiger partial charge in [-0.15, -0.1) is 0 Å². The summed E-state index contributed by atoms with van der Waals surface area (Å²) in [5.74, 6) is 0.0287. The lowest BCUT2D eigenvalue weighted by Crippen LogP contribution is -2.40. The summed E-state index contributed by atoms with van der Waals surface area (Å²) in [5, 5.41) is 0. The molecule has 2 heteroatoms. The normalized spacial score (nSPS) is 17.5. The smallest absolute Gasteiger partial charge is 0.250 e. The average Bonchev–Trinajstić information content (AvgIpc) is 2.24. The molecular weight excluding hydrogens is 210 g/mol. The molecule has 0 aliphatic heterocycles. The summed E-state index contributed by atoms with van der Waals surface area (Å²) in [5.41, 5.74) is 1.42. The van der Waals surface area contributed by atoms with Gasteiger partial charge in [0.1, 0.15) is 0 Å². The van der Waals surface area contributed by atoms with E-state index < -0.39 is 0 Å². The van der Waals surface area contributed by atoms with Crippen molar-refractivity contribution in [1.29, 1.82) is 0 Å². The Balaban J connectivity index is 2.87. The first-order valence-corrected chi connectivity index (χ1v) is 6.56. The maximum absolute atomic E-state index is 11.9. The van der Waals surface area contributed by atoms with Crippen molar-refractivity contribution in [2.45, 2.75) is 59.4 Å². The monoisotopic (exact) mass is 235 g/mol. The maximum atomic E-state index is 11.9. The van der Waals surface area contributed by atoms with E-state index in [1.807, 2.05) is 11.1 Å². The van der Waals surface area contributed by atoms with E-state index in [1.165, 1.54) is 18.1 Å². The second-order valence-corrected chi connectivity index (χ2v) is 5.58. The fraction of sp³-hybridized carbons (Fsp3) is 0.667. The van der Waals surface area contributed by atoms with Gasteiger partial charge >= 0.3 is 0 Å². The third-order valence-electron chi connectivity index (χ3n) is 4.18. The van der Waals surface area contributed by atoms with Crippen LogP contribution in [0.5, 0.6) is 0 Å². The molecule has 0 aromatic rings. The SMILES string of the molecule is C=CC(=O)N(/C=C(\C)C(C)(C)CC)C1CCC1. The van der Waals surface area contributed by atoms with Crippen molar-refractivity contribution in [2.24, 2.45) is 5.41 Å². The van der Waals surface area contributed by atoms with Crippen LogP contribution in [0, 0.1) is 5.41 Å². The molecule has 0 bridgehead atoms. The van der Waals surface area contributed by atoms with Crippen molar-refractivity contribution in [2.75, 3.05) is 0 Å². The quantitative estimate of drug-likeness (QED) is 0.662. The molecule has 0 N–H and O–H groups in total. The lowest BCUT2D eigenvalue weighted by Gasteiger charge is -2.36. The zero-order chi connectivity index (χ0) is 13.1. The molecule has 1 saturated carbocycles. The number of carbonyl (C=O) groups excluding carboxylic acids is 1. The Kier molecular flexibility index (Phi) is 4.55. The van der Waals surface area contributed by atoms with Gasteiger partial charge in [-0.2, -0.15) is 0 Å². The molecule has 1 aliphatic carbocycles. The third kappa shape index (κ3) is 3.21. The van der Waals surface area contributed by atoms with Gasteiger partial charge in [-0.3, -0.25) is 4.79 Å². The molecule has 0 radical (unpaired) electrons. The van der Waals surface area contributed by atoms with Crippen LogP contribution in [0.15, 0.2) is 24.4 Å². The van der Waals surface area contributed by atoms with Crippen LogP contribution in [0.25, 0.3) is 0 Å². The molecule has 0 unspecified atom stereocenters. The highest BCUT2D eigenvalue weighted by molar-refractivity contribution is 5.88. The average molecular weight is 235 g/mol.